The minimum absolute atomic E-state index is 0.00535. The maximum Gasteiger partial charge on any atom is 0.328 e. The molecule has 2 bridgehead atoms. The van der Waals surface area contributed by atoms with Crippen LogP contribution in [0.4, 0.5) is 11.5 Å². The number of Topliss-reactive ketones (excluding diaryl/α,β-unsaturated/α-hetero) is 2. The fourth-order valence-electron chi connectivity index (χ4n) is 14.0. The molecule has 21 nitrogen and oxygen atoms in total. The second-order valence-electron chi connectivity index (χ2n) is 26.1. The molecule has 3 aromatic rings. The molecule has 1 aromatic heterocycles. The Bertz CT molecular complexity index is 3090. The summed E-state index contributed by atoms with van der Waals surface area (Å²) in [4.78, 5) is 86.3. The minimum atomic E-state index is -2.46. The van der Waals surface area contributed by atoms with E-state index in [-0.39, 0.29) is 68.5 Å². The number of aliphatic hydroxyl groups excluding tert-OH is 2. The van der Waals surface area contributed by atoms with Crippen molar-refractivity contribution in [1.82, 2.24) is 24.7 Å². The van der Waals surface area contributed by atoms with Crippen molar-refractivity contribution in [1.29, 1.82) is 0 Å². The molecule has 0 radical (unpaired) electrons. The Kier molecular flexibility index (Phi) is 26.6. The predicted octanol–water partition coefficient (Wildman–Crippen LogP) is 8.16. The van der Waals surface area contributed by atoms with E-state index in [9.17, 15) is 39.3 Å². The first-order valence-electron chi connectivity index (χ1n) is 33.4. The number of carbonyl (C=O) groups excluding carboxylic acids is 5. The quantitative estimate of drug-likeness (QED) is 0.0290. The van der Waals surface area contributed by atoms with Crippen LogP contribution in [0.5, 0.6) is 11.5 Å². The van der Waals surface area contributed by atoms with Crippen LogP contribution in [0.2, 0.25) is 0 Å². The lowest BCUT2D eigenvalue weighted by atomic mass is 9.78. The molecule has 504 valence electrons. The van der Waals surface area contributed by atoms with E-state index in [0.29, 0.717) is 140 Å². The molecule has 8 rings (SSSR count). The number of nitrogens with one attached hydrogen (secondary N) is 1. The number of aliphatic hydroxyl groups is 3. The Labute approximate surface area is 543 Å². The average molecular weight is 1280 g/mol. The molecule has 2 amide bonds. The average Bonchev–Trinajstić information content (AvgIpc) is 0.781. The van der Waals surface area contributed by atoms with Gasteiger partial charge in [-0.15, -0.1) is 6.42 Å². The third kappa shape index (κ3) is 18.5. The Morgan fingerprint density at radius 2 is 1.64 bits per heavy atom. The lowest BCUT2D eigenvalue weighted by Gasteiger charge is -2.45. The predicted molar refractivity (Wildman–Crippen MR) is 348 cm³/mol. The van der Waals surface area contributed by atoms with Crippen LogP contribution in [0.3, 0.4) is 0 Å². The topological polar surface area (TPSA) is 258 Å². The van der Waals surface area contributed by atoms with E-state index in [4.69, 9.17) is 39.6 Å². The van der Waals surface area contributed by atoms with Crippen molar-refractivity contribution in [3.8, 4) is 23.8 Å². The van der Waals surface area contributed by atoms with Gasteiger partial charge in [0, 0.05) is 114 Å². The number of anilines is 2. The van der Waals surface area contributed by atoms with Gasteiger partial charge in [0.2, 0.25) is 11.7 Å². The van der Waals surface area contributed by atoms with Gasteiger partial charge >= 0.3 is 5.97 Å². The molecule has 5 aliphatic rings. The van der Waals surface area contributed by atoms with Crippen LogP contribution in [-0.2, 0) is 47.7 Å². The van der Waals surface area contributed by atoms with Crippen LogP contribution in [0.25, 0.3) is 10.9 Å². The summed E-state index contributed by atoms with van der Waals surface area (Å²) in [6.07, 6.45) is 14.7. The van der Waals surface area contributed by atoms with Gasteiger partial charge in [0.05, 0.1) is 49.3 Å². The normalized spacial score (nSPS) is 30.2. The standard InChI is InChI=1S/C71H100N6O15/c1-10-49-16-14-18-53(38-49)74-68-54-40-64(65(90-33-32-86-7)41-56(54)72-44-73-68)89-31-30-75-26-28-76(29-27-75)66(81)20-15-17-52-35-45(3)34-50(11-2)22-24-61-63(88-9)37-47(5)71(85,92-61)67(82)69(83)77-25-13-12-19-57(77)70(84)91-43-55(48(6)59(79)42-60(52)80)46(4)36-51-21-23-58(78)62(39-51)87-8/h1,14,16,18,35-36,38,40-41,44,47-48,50-52,55,57-59,61-63,78-79,85H,11-13,15,17,19-34,37,39,42-43H2,2-9H3,(H,72,73,74)/b45-35+,46-36+/t47-,48+,50-,51+,52-,55-,57+,58-,59+,61-,62-,63+,71-/m1/s1. The summed E-state index contributed by atoms with van der Waals surface area (Å²) in [5, 5.41) is 39.1. The van der Waals surface area contributed by atoms with Crippen LogP contribution < -0.4 is 14.8 Å². The number of hydrogen-bond acceptors (Lipinski definition) is 19. The van der Waals surface area contributed by atoms with Crippen molar-refractivity contribution in [3.05, 3.63) is 71.6 Å². The summed E-state index contributed by atoms with van der Waals surface area (Å²) in [6.45, 7) is 13.4. The zero-order chi connectivity index (χ0) is 66.1. The zero-order valence-corrected chi connectivity index (χ0v) is 55.4. The van der Waals surface area contributed by atoms with E-state index in [1.54, 1.807) is 28.3 Å². The number of ether oxygens (including phenoxy) is 7. The number of hydrogen-bond donors (Lipinski definition) is 4. The molecule has 4 N–H and O–H groups in total. The van der Waals surface area contributed by atoms with E-state index in [1.807, 2.05) is 68.1 Å². The van der Waals surface area contributed by atoms with E-state index >= 15 is 0 Å². The van der Waals surface area contributed by atoms with E-state index in [1.165, 1.54) is 11.2 Å². The lowest BCUT2D eigenvalue weighted by Crippen LogP contribution is -2.62. The molecule has 1 saturated carbocycles. The van der Waals surface area contributed by atoms with Crippen LogP contribution >= 0.6 is 0 Å². The van der Waals surface area contributed by atoms with Crippen LogP contribution in [0.15, 0.2) is 66.0 Å². The molecule has 5 heterocycles. The number of fused-ring (bicyclic) bond motifs is 4. The summed E-state index contributed by atoms with van der Waals surface area (Å²) in [5.74, 6) is -3.63. The van der Waals surface area contributed by atoms with E-state index < -0.39 is 77.6 Å². The molecular formula is C71H100N6O15. The van der Waals surface area contributed by atoms with Gasteiger partial charge in [-0.25, -0.2) is 14.8 Å². The van der Waals surface area contributed by atoms with Crippen molar-refractivity contribution >= 4 is 51.8 Å². The summed E-state index contributed by atoms with van der Waals surface area (Å²) in [6, 6.07) is 10.1. The number of aromatic nitrogens is 2. The molecule has 21 heteroatoms. The van der Waals surface area contributed by atoms with Crippen LogP contribution in [0, 0.1) is 47.9 Å². The summed E-state index contributed by atoms with van der Waals surface area (Å²) < 4.78 is 41.8. The van der Waals surface area contributed by atoms with Gasteiger partial charge in [-0.05, 0) is 133 Å². The molecular weight excluding hydrogens is 1180 g/mol. The van der Waals surface area contributed by atoms with Gasteiger partial charge in [-0.3, -0.25) is 24.1 Å². The van der Waals surface area contributed by atoms with Gasteiger partial charge in [-0.1, -0.05) is 62.5 Å². The highest BCUT2D eigenvalue weighted by molar-refractivity contribution is 6.39. The van der Waals surface area contributed by atoms with Gasteiger partial charge in [0.15, 0.2) is 11.5 Å². The molecule has 13 atom stereocenters. The molecule has 3 saturated heterocycles. The number of benzene rings is 2. The van der Waals surface area contributed by atoms with Crippen LogP contribution in [0.1, 0.15) is 136 Å². The number of ketones is 2. The highest BCUT2D eigenvalue weighted by Gasteiger charge is 2.55. The lowest BCUT2D eigenvalue weighted by molar-refractivity contribution is -0.287. The number of cyclic esters (lactones) is 1. The number of amides is 2. The number of rotatable bonds is 19. The van der Waals surface area contributed by atoms with Gasteiger partial charge in [0.25, 0.3) is 11.7 Å². The number of piperidine rings is 1. The summed E-state index contributed by atoms with van der Waals surface area (Å²) >= 11 is 0. The maximum absolute atomic E-state index is 14.8. The number of esters is 1. The first-order chi connectivity index (χ1) is 44.3. The Hall–Kier alpha value is -6.35. The third-order valence-electron chi connectivity index (χ3n) is 19.9. The van der Waals surface area contributed by atoms with Crippen molar-refractivity contribution in [3.63, 3.8) is 0 Å². The molecule has 4 aliphatic heterocycles. The minimum Gasteiger partial charge on any atom is -0.488 e. The number of allylic oxidation sites excluding steroid dienone is 3. The van der Waals surface area contributed by atoms with Gasteiger partial charge < -0.3 is 63.6 Å². The zero-order valence-electron chi connectivity index (χ0n) is 55.4. The van der Waals surface area contributed by atoms with Crippen molar-refractivity contribution in [2.24, 2.45) is 35.5 Å². The van der Waals surface area contributed by atoms with Crippen molar-refractivity contribution < 1.29 is 72.5 Å². The van der Waals surface area contributed by atoms with Gasteiger partial charge in [0.1, 0.15) is 37.2 Å². The molecule has 0 spiro atoms. The molecule has 92 heavy (non-hydrogen) atoms. The largest absolute Gasteiger partial charge is 0.488 e. The Morgan fingerprint density at radius 3 is 2.38 bits per heavy atom. The SMILES string of the molecule is C#Cc1cccc(Nc2ncnc3cc(OCCOC)c(OCCN4CCN(C(=O)CCC[C@@H]5/C=C(\C)C[C@H](CC)CC[C@H]6O[C@@](O)(C(=O)C(=O)N7CCCC[C@H]7C(=O)OC[C@H](/C(C)=C/[C@@H]7CC[C@@H](O)[C@H](OC)C7)[C@H](C)[C@@H](O)CC5=O)[C@H](C)C[C@@H]6OC)CC4)cc23)c1. The summed E-state index contributed by atoms with van der Waals surface area (Å²) in [5.41, 5.74) is 3.98. The highest BCUT2D eigenvalue weighted by atomic mass is 16.7. The first-order valence-corrected chi connectivity index (χ1v) is 33.4. The summed E-state index contributed by atoms with van der Waals surface area (Å²) in [7, 11) is 4.76. The molecule has 4 fully saturated rings. The first kappa shape index (κ1) is 71.5. The fraction of sp³-hybridized carbons (Fsp3) is 0.648. The molecule has 0 unspecified atom stereocenters. The number of nitrogens with zero attached hydrogens (tertiary/aromatic N) is 5. The number of methoxy groups -OCH3 is 3. The highest BCUT2D eigenvalue weighted by Crippen LogP contribution is 2.40. The number of terminal acetylenes is 1. The second-order valence-corrected chi connectivity index (χ2v) is 26.1. The Morgan fingerprint density at radius 1 is 0.880 bits per heavy atom. The van der Waals surface area contributed by atoms with Crippen molar-refractivity contribution in [2.75, 3.05) is 92.3 Å². The molecule has 1 aliphatic carbocycles. The Balaban J connectivity index is 0.955. The second kappa shape index (κ2) is 34.2. The van der Waals surface area contributed by atoms with Gasteiger partial charge in [-0.2, -0.15) is 0 Å². The third-order valence-corrected chi connectivity index (χ3v) is 19.9. The molecule has 2 aromatic carbocycles. The maximum atomic E-state index is 14.8. The fourth-order valence-corrected chi connectivity index (χ4v) is 14.0. The van der Waals surface area contributed by atoms with E-state index in [0.717, 1.165) is 34.2 Å². The van der Waals surface area contributed by atoms with Crippen molar-refractivity contribution in [2.45, 2.75) is 173 Å². The number of piperazine rings is 1. The monoisotopic (exact) mass is 1280 g/mol. The number of carbonyl (C=O) groups is 5. The smallest absolute Gasteiger partial charge is 0.328 e. The van der Waals surface area contributed by atoms with Crippen LogP contribution in [-0.4, -0.2) is 199 Å². The van der Waals surface area contributed by atoms with E-state index in [2.05, 4.69) is 39.1 Å².